The monoisotopic (exact) mass is 370 g/mol. The topological polar surface area (TPSA) is 94.3 Å². The lowest BCUT2D eigenvalue weighted by Gasteiger charge is -2.29. The Kier molecular flexibility index (Phi) is 5.23. The number of carbonyl (C=O) groups excluding carboxylic acids is 3. The van der Waals surface area contributed by atoms with Crippen molar-refractivity contribution in [1.29, 1.82) is 0 Å². The zero-order chi connectivity index (χ0) is 16.3. The van der Waals surface area contributed by atoms with Crippen molar-refractivity contribution in [3.05, 3.63) is 22.4 Å². The summed E-state index contributed by atoms with van der Waals surface area (Å²) >= 11 is 3.23. The molecule has 1 aromatic rings. The fraction of sp³-hybridized carbons (Fsp3) is 0.500. The molecule has 0 spiro atoms. The molecule has 2 heterocycles. The van der Waals surface area contributed by atoms with Gasteiger partial charge in [0.05, 0.1) is 0 Å². The van der Waals surface area contributed by atoms with E-state index in [1.54, 1.807) is 17.2 Å². The van der Waals surface area contributed by atoms with E-state index in [0.29, 0.717) is 18.7 Å². The van der Waals surface area contributed by atoms with Crippen molar-refractivity contribution in [3.8, 4) is 0 Å². The van der Waals surface area contributed by atoms with Gasteiger partial charge in [-0.05, 0) is 34.3 Å². The first-order valence-electron chi connectivity index (χ1n) is 7.13. The Morgan fingerprint density at radius 3 is 2.59 bits per heavy atom. The van der Waals surface area contributed by atoms with Gasteiger partial charge in [0.1, 0.15) is 11.7 Å². The third kappa shape index (κ3) is 3.68. The highest BCUT2D eigenvalue weighted by atomic mass is 79.9. The number of H-pyrrole nitrogens is 1. The number of nitrogens with one attached hydrogen (secondary N) is 3. The van der Waals surface area contributed by atoms with E-state index in [1.807, 2.05) is 13.8 Å². The van der Waals surface area contributed by atoms with Crippen LogP contribution in [0.2, 0.25) is 0 Å². The van der Waals surface area contributed by atoms with Gasteiger partial charge in [-0.1, -0.05) is 13.8 Å². The van der Waals surface area contributed by atoms with Crippen LogP contribution in [0.25, 0.3) is 0 Å². The normalized spacial score (nSPS) is 16.0. The molecule has 1 atom stereocenters. The predicted molar refractivity (Wildman–Crippen MR) is 83.7 cm³/mol. The second-order valence-electron chi connectivity index (χ2n) is 5.55. The van der Waals surface area contributed by atoms with Crippen LogP contribution in [0.3, 0.4) is 0 Å². The fourth-order valence-electron chi connectivity index (χ4n) is 2.53. The van der Waals surface area contributed by atoms with Gasteiger partial charge in [-0.2, -0.15) is 0 Å². The molecule has 0 aromatic carbocycles. The van der Waals surface area contributed by atoms with E-state index >= 15 is 0 Å². The van der Waals surface area contributed by atoms with E-state index in [9.17, 15) is 14.4 Å². The maximum atomic E-state index is 12.3. The molecule has 1 aliphatic heterocycles. The SMILES string of the molecule is CC(C)C(C(=O)NNC(=O)c1cc(Br)c[nH]1)N1CCCC1=O. The van der Waals surface area contributed by atoms with Gasteiger partial charge in [0.15, 0.2) is 0 Å². The van der Waals surface area contributed by atoms with Crippen molar-refractivity contribution in [2.45, 2.75) is 32.7 Å². The average Bonchev–Trinajstić information content (AvgIpc) is 3.06. The molecule has 0 saturated carbocycles. The summed E-state index contributed by atoms with van der Waals surface area (Å²) in [5.41, 5.74) is 5.08. The van der Waals surface area contributed by atoms with Crippen LogP contribution in [0, 0.1) is 5.92 Å². The number of amides is 3. The van der Waals surface area contributed by atoms with Crippen molar-refractivity contribution < 1.29 is 14.4 Å². The molecular formula is C14H19BrN4O3. The van der Waals surface area contributed by atoms with Crippen molar-refractivity contribution in [1.82, 2.24) is 20.7 Å². The van der Waals surface area contributed by atoms with E-state index in [-0.39, 0.29) is 17.7 Å². The minimum atomic E-state index is -0.578. The van der Waals surface area contributed by atoms with Gasteiger partial charge in [-0.3, -0.25) is 25.2 Å². The zero-order valence-corrected chi connectivity index (χ0v) is 14.1. The van der Waals surface area contributed by atoms with E-state index in [1.165, 1.54) is 0 Å². The maximum Gasteiger partial charge on any atom is 0.286 e. The number of hydrogen-bond donors (Lipinski definition) is 3. The van der Waals surface area contributed by atoms with E-state index in [4.69, 9.17) is 0 Å². The number of rotatable bonds is 4. The van der Waals surface area contributed by atoms with E-state index in [2.05, 4.69) is 31.8 Å². The second-order valence-corrected chi connectivity index (χ2v) is 6.47. The van der Waals surface area contributed by atoms with Crippen LogP contribution in [-0.2, 0) is 9.59 Å². The molecule has 3 amide bonds. The van der Waals surface area contributed by atoms with Crippen molar-refractivity contribution in [3.63, 3.8) is 0 Å². The van der Waals surface area contributed by atoms with Crippen LogP contribution >= 0.6 is 15.9 Å². The summed E-state index contributed by atoms with van der Waals surface area (Å²) in [6, 6.07) is 1.02. The Bertz CT molecular complexity index is 584. The standard InChI is InChI=1S/C14H19BrN4O3/c1-8(2)12(19-5-3-4-11(19)20)14(22)18-17-13(21)10-6-9(15)7-16-10/h6-8,12,16H,3-5H2,1-2H3,(H,17,21)(H,18,22). The molecule has 0 bridgehead atoms. The Morgan fingerprint density at radius 2 is 2.09 bits per heavy atom. The van der Waals surface area contributed by atoms with Crippen LogP contribution in [0.5, 0.6) is 0 Å². The molecule has 3 N–H and O–H groups in total. The minimum absolute atomic E-state index is 0.0199. The lowest BCUT2D eigenvalue weighted by atomic mass is 10.0. The number of nitrogens with zero attached hydrogens (tertiary/aromatic N) is 1. The fourth-order valence-corrected chi connectivity index (χ4v) is 2.87. The van der Waals surface area contributed by atoms with Crippen LogP contribution in [-0.4, -0.2) is 40.2 Å². The van der Waals surface area contributed by atoms with Crippen LogP contribution in [0.1, 0.15) is 37.2 Å². The molecule has 0 radical (unpaired) electrons. The maximum absolute atomic E-state index is 12.3. The largest absolute Gasteiger partial charge is 0.356 e. The number of likely N-dealkylation sites (tertiary alicyclic amines) is 1. The summed E-state index contributed by atoms with van der Waals surface area (Å²) < 4.78 is 0.742. The summed E-state index contributed by atoms with van der Waals surface area (Å²) in [5.74, 6) is -0.898. The number of hydrazine groups is 1. The number of aromatic amines is 1. The van der Waals surface area contributed by atoms with Gasteiger partial charge < -0.3 is 9.88 Å². The Balaban J connectivity index is 1.97. The molecule has 2 rings (SSSR count). The Morgan fingerprint density at radius 1 is 1.36 bits per heavy atom. The Hall–Kier alpha value is -1.83. The van der Waals surface area contributed by atoms with E-state index in [0.717, 1.165) is 10.9 Å². The molecule has 1 aliphatic rings. The van der Waals surface area contributed by atoms with Crippen molar-refractivity contribution in [2.75, 3.05) is 6.54 Å². The first-order chi connectivity index (χ1) is 10.4. The first-order valence-corrected chi connectivity index (χ1v) is 7.93. The van der Waals surface area contributed by atoms with Gasteiger partial charge in [0.2, 0.25) is 5.91 Å². The third-order valence-electron chi connectivity index (χ3n) is 3.54. The van der Waals surface area contributed by atoms with Crippen molar-refractivity contribution in [2.24, 2.45) is 5.92 Å². The van der Waals surface area contributed by atoms with Crippen LogP contribution in [0.4, 0.5) is 0 Å². The first kappa shape index (κ1) is 16.5. The summed E-state index contributed by atoms with van der Waals surface area (Å²) in [6.07, 6.45) is 2.86. The number of aromatic nitrogens is 1. The third-order valence-corrected chi connectivity index (χ3v) is 4.00. The summed E-state index contributed by atoms with van der Waals surface area (Å²) in [4.78, 5) is 40.4. The lowest BCUT2D eigenvalue weighted by molar-refractivity contribution is -0.139. The molecule has 1 saturated heterocycles. The highest BCUT2D eigenvalue weighted by Gasteiger charge is 2.35. The number of hydrogen-bond acceptors (Lipinski definition) is 3. The Labute approximate surface area is 136 Å². The molecule has 1 unspecified atom stereocenters. The molecular weight excluding hydrogens is 352 g/mol. The highest BCUT2D eigenvalue weighted by Crippen LogP contribution is 2.19. The molecule has 7 nitrogen and oxygen atoms in total. The van der Waals surface area contributed by atoms with Gasteiger partial charge in [-0.25, -0.2) is 0 Å². The van der Waals surface area contributed by atoms with Gasteiger partial charge in [0.25, 0.3) is 11.8 Å². The van der Waals surface area contributed by atoms with Crippen LogP contribution in [0.15, 0.2) is 16.7 Å². The lowest BCUT2D eigenvalue weighted by Crippen LogP contribution is -2.54. The minimum Gasteiger partial charge on any atom is -0.356 e. The van der Waals surface area contributed by atoms with Crippen LogP contribution < -0.4 is 10.9 Å². The molecule has 22 heavy (non-hydrogen) atoms. The smallest absolute Gasteiger partial charge is 0.286 e. The van der Waals surface area contributed by atoms with E-state index < -0.39 is 11.9 Å². The van der Waals surface area contributed by atoms with Gasteiger partial charge >= 0.3 is 0 Å². The second kappa shape index (κ2) is 6.95. The number of halogens is 1. The van der Waals surface area contributed by atoms with Crippen molar-refractivity contribution >= 4 is 33.7 Å². The summed E-state index contributed by atoms with van der Waals surface area (Å²) in [5, 5.41) is 0. The summed E-state index contributed by atoms with van der Waals surface area (Å²) in [6.45, 7) is 4.33. The van der Waals surface area contributed by atoms with Gasteiger partial charge in [-0.15, -0.1) is 0 Å². The molecule has 0 aliphatic carbocycles. The quantitative estimate of drug-likeness (QED) is 0.694. The van der Waals surface area contributed by atoms with Gasteiger partial charge in [0, 0.05) is 23.6 Å². The number of carbonyl (C=O) groups is 3. The molecule has 8 heteroatoms. The zero-order valence-electron chi connectivity index (χ0n) is 12.5. The molecule has 1 fully saturated rings. The molecule has 120 valence electrons. The average molecular weight is 371 g/mol. The molecule has 1 aromatic heterocycles. The highest BCUT2D eigenvalue weighted by molar-refractivity contribution is 9.10. The summed E-state index contributed by atoms with van der Waals surface area (Å²) in [7, 11) is 0. The predicted octanol–water partition coefficient (Wildman–Crippen LogP) is 1.19.